The minimum atomic E-state index is -1.24. The Hall–Kier alpha value is -3.28. The third kappa shape index (κ3) is 20.5. The standard InChI is InChI=1S/C36H58O11/c1-23(11-7-9-13-31(39)29(21-37)35(43)44)16-26(4)18-28(6)20-34(42)47-32(30(22-38)36(45)46)14-10-8-12-24(2)15-25(3)17-27(5)19-33(40)41/h17-20,23-24,29-32,37-39H,7-16,21-22H2,1-6H3,(H,40,41)(H,43,44)(H,45,46)/b25-17+,26-18+,27-19+,28-20+/t23-,24+,29+,30+,31+,32-/m0/s1. The van der Waals surface area contributed by atoms with Crippen molar-refractivity contribution < 1.29 is 54.6 Å². The molecule has 0 aromatic heterocycles. The van der Waals surface area contributed by atoms with Gasteiger partial charge in [0.1, 0.15) is 17.9 Å². The zero-order valence-electron chi connectivity index (χ0n) is 29.0. The number of carbonyl (C=O) groups excluding carboxylic acids is 1. The van der Waals surface area contributed by atoms with E-state index >= 15 is 0 Å². The summed E-state index contributed by atoms with van der Waals surface area (Å²) < 4.78 is 5.55. The topological polar surface area (TPSA) is 199 Å². The number of hydrogen-bond donors (Lipinski definition) is 6. The van der Waals surface area contributed by atoms with Crippen LogP contribution in [0.1, 0.15) is 106 Å². The van der Waals surface area contributed by atoms with E-state index in [9.17, 15) is 34.5 Å². The van der Waals surface area contributed by atoms with E-state index in [2.05, 4.69) is 13.8 Å². The van der Waals surface area contributed by atoms with Gasteiger partial charge in [-0.3, -0.25) is 9.59 Å². The number of aliphatic hydroxyl groups is 3. The SMILES string of the molecule is CC(=C\C(=O)O)/C=C(\C)C[C@H](C)CCCC[C@H](OC(=O)/C=C(C)/C=C(\C)C[C@@H](C)CCCC[C@@H](O)[C@@H](CO)C(=O)O)[C@@H](CO)C(=O)O. The number of esters is 1. The molecule has 11 heteroatoms. The van der Waals surface area contributed by atoms with E-state index in [4.69, 9.17) is 20.1 Å². The van der Waals surface area contributed by atoms with Gasteiger partial charge in [0.05, 0.1) is 19.3 Å². The first kappa shape index (κ1) is 43.7. The zero-order valence-corrected chi connectivity index (χ0v) is 29.0. The third-order valence-corrected chi connectivity index (χ3v) is 8.08. The Morgan fingerprint density at radius 3 is 1.47 bits per heavy atom. The lowest BCUT2D eigenvalue weighted by molar-refractivity contribution is -0.157. The van der Waals surface area contributed by atoms with Crippen molar-refractivity contribution in [2.75, 3.05) is 13.2 Å². The van der Waals surface area contributed by atoms with Gasteiger partial charge in [-0.1, -0.05) is 69.2 Å². The van der Waals surface area contributed by atoms with Crippen LogP contribution < -0.4 is 0 Å². The molecular weight excluding hydrogens is 608 g/mol. The van der Waals surface area contributed by atoms with Crippen LogP contribution in [0.4, 0.5) is 0 Å². The minimum Gasteiger partial charge on any atom is -0.481 e. The molecule has 0 heterocycles. The van der Waals surface area contributed by atoms with E-state index in [1.54, 1.807) is 13.8 Å². The van der Waals surface area contributed by atoms with Gasteiger partial charge in [0.25, 0.3) is 0 Å². The molecule has 0 saturated carbocycles. The molecule has 0 radical (unpaired) electrons. The number of ether oxygens (including phenoxy) is 1. The van der Waals surface area contributed by atoms with Gasteiger partial charge in [0, 0.05) is 12.2 Å². The van der Waals surface area contributed by atoms with Crippen LogP contribution in [0.3, 0.4) is 0 Å². The Labute approximate surface area is 279 Å². The largest absolute Gasteiger partial charge is 0.481 e. The van der Waals surface area contributed by atoms with Crippen LogP contribution in [0, 0.1) is 23.7 Å². The van der Waals surface area contributed by atoms with Crippen LogP contribution in [-0.2, 0) is 23.9 Å². The number of carboxylic acids is 3. The quantitative estimate of drug-likeness (QED) is 0.0303. The van der Waals surface area contributed by atoms with Crippen molar-refractivity contribution in [2.24, 2.45) is 23.7 Å². The Morgan fingerprint density at radius 2 is 1.04 bits per heavy atom. The second-order valence-electron chi connectivity index (χ2n) is 13.1. The van der Waals surface area contributed by atoms with Gasteiger partial charge in [-0.25, -0.2) is 9.59 Å². The van der Waals surface area contributed by atoms with Gasteiger partial charge in [-0.2, -0.15) is 0 Å². The predicted octanol–water partition coefficient (Wildman–Crippen LogP) is 5.69. The van der Waals surface area contributed by atoms with Crippen molar-refractivity contribution in [3.63, 3.8) is 0 Å². The highest BCUT2D eigenvalue weighted by molar-refractivity contribution is 5.84. The Balaban J connectivity index is 5.00. The molecule has 6 atom stereocenters. The first-order valence-electron chi connectivity index (χ1n) is 16.5. The average Bonchev–Trinajstić information content (AvgIpc) is 2.92. The summed E-state index contributed by atoms with van der Waals surface area (Å²) in [4.78, 5) is 46.4. The average molecular weight is 667 g/mol. The first-order valence-corrected chi connectivity index (χ1v) is 16.5. The van der Waals surface area contributed by atoms with Gasteiger partial charge in [-0.05, 0) is 82.8 Å². The lowest BCUT2D eigenvalue weighted by Crippen LogP contribution is -2.35. The van der Waals surface area contributed by atoms with Crippen molar-refractivity contribution in [3.05, 3.63) is 46.6 Å². The van der Waals surface area contributed by atoms with Crippen LogP contribution >= 0.6 is 0 Å². The van der Waals surface area contributed by atoms with E-state index < -0.39 is 61.1 Å². The van der Waals surface area contributed by atoms with E-state index in [-0.39, 0.29) is 0 Å². The number of hydrogen-bond acceptors (Lipinski definition) is 8. The highest BCUT2D eigenvalue weighted by atomic mass is 16.5. The highest BCUT2D eigenvalue weighted by Gasteiger charge is 2.30. The van der Waals surface area contributed by atoms with Crippen LogP contribution in [-0.4, -0.2) is 79.9 Å². The summed E-state index contributed by atoms with van der Waals surface area (Å²) >= 11 is 0. The summed E-state index contributed by atoms with van der Waals surface area (Å²) in [7, 11) is 0. The number of unbranched alkanes of at least 4 members (excludes halogenated alkanes) is 2. The fourth-order valence-corrected chi connectivity index (χ4v) is 5.79. The van der Waals surface area contributed by atoms with Crippen molar-refractivity contribution >= 4 is 23.9 Å². The Bertz CT molecular complexity index is 1120. The maximum absolute atomic E-state index is 12.7. The molecule has 0 spiro atoms. The van der Waals surface area contributed by atoms with E-state index in [1.807, 2.05) is 26.0 Å². The van der Waals surface area contributed by atoms with Crippen molar-refractivity contribution in [1.82, 2.24) is 0 Å². The molecule has 47 heavy (non-hydrogen) atoms. The maximum atomic E-state index is 12.7. The number of aliphatic carboxylic acids is 3. The molecule has 0 aromatic carbocycles. The van der Waals surface area contributed by atoms with Crippen LogP contribution in [0.15, 0.2) is 46.6 Å². The molecule has 11 nitrogen and oxygen atoms in total. The van der Waals surface area contributed by atoms with Gasteiger partial charge < -0.3 is 35.4 Å². The highest BCUT2D eigenvalue weighted by Crippen LogP contribution is 2.23. The second kappa shape index (κ2) is 23.9. The molecule has 0 fully saturated rings. The molecule has 0 amide bonds. The van der Waals surface area contributed by atoms with E-state index in [0.29, 0.717) is 48.7 Å². The lowest BCUT2D eigenvalue weighted by Gasteiger charge is -2.22. The first-order chi connectivity index (χ1) is 22.0. The Kier molecular flexibility index (Phi) is 22.3. The number of allylic oxidation sites excluding steroid dienone is 6. The molecule has 0 unspecified atom stereocenters. The molecule has 268 valence electrons. The number of carboxylic acid groups (broad SMARTS) is 3. The normalized spacial score (nSPS) is 17.0. The molecular formula is C36H58O11. The summed E-state index contributed by atoms with van der Waals surface area (Å²) in [6, 6.07) is 0. The zero-order chi connectivity index (χ0) is 36.1. The smallest absolute Gasteiger partial charge is 0.331 e. The van der Waals surface area contributed by atoms with Gasteiger partial charge in [-0.15, -0.1) is 0 Å². The lowest BCUT2D eigenvalue weighted by atomic mass is 9.93. The molecule has 0 aromatic rings. The van der Waals surface area contributed by atoms with Crippen LogP contribution in [0.25, 0.3) is 0 Å². The van der Waals surface area contributed by atoms with Crippen molar-refractivity contribution in [2.45, 2.75) is 118 Å². The molecule has 0 aliphatic heterocycles. The van der Waals surface area contributed by atoms with Crippen molar-refractivity contribution in [1.29, 1.82) is 0 Å². The monoisotopic (exact) mass is 666 g/mol. The molecule has 0 aliphatic rings. The molecule has 0 rings (SSSR count). The van der Waals surface area contributed by atoms with Gasteiger partial charge >= 0.3 is 23.9 Å². The maximum Gasteiger partial charge on any atom is 0.331 e. The summed E-state index contributed by atoms with van der Waals surface area (Å²) in [5, 5.41) is 56.3. The molecule has 6 N–H and O–H groups in total. The predicted molar refractivity (Wildman–Crippen MR) is 179 cm³/mol. The number of rotatable bonds is 25. The fourth-order valence-electron chi connectivity index (χ4n) is 5.79. The summed E-state index contributed by atoms with van der Waals surface area (Å²) in [6.07, 6.45) is 10.8. The third-order valence-electron chi connectivity index (χ3n) is 8.08. The summed E-state index contributed by atoms with van der Waals surface area (Å²) in [6.45, 7) is 10.3. The minimum absolute atomic E-state index is 0.290. The van der Waals surface area contributed by atoms with Crippen LogP contribution in [0.2, 0.25) is 0 Å². The van der Waals surface area contributed by atoms with Crippen LogP contribution in [0.5, 0.6) is 0 Å². The fraction of sp³-hybridized carbons (Fsp3) is 0.667. The van der Waals surface area contributed by atoms with Gasteiger partial charge in [0.15, 0.2) is 0 Å². The molecule has 0 aliphatic carbocycles. The summed E-state index contributed by atoms with van der Waals surface area (Å²) in [5.74, 6) is -5.90. The van der Waals surface area contributed by atoms with Gasteiger partial charge in [0.2, 0.25) is 0 Å². The summed E-state index contributed by atoms with van der Waals surface area (Å²) in [5.41, 5.74) is 3.41. The Morgan fingerprint density at radius 1 is 0.617 bits per heavy atom. The van der Waals surface area contributed by atoms with E-state index in [1.165, 1.54) is 6.08 Å². The molecule has 0 saturated heterocycles. The van der Waals surface area contributed by atoms with Crippen molar-refractivity contribution in [3.8, 4) is 0 Å². The number of carbonyl (C=O) groups is 4. The number of aliphatic hydroxyl groups excluding tert-OH is 3. The molecule has 0 bridgehead atoms. The second-order valence-corrected chi connectivity index (χ2v) is 13.1. The van der Waals surface area contributed by atoms with E-state index in [0.717, 1.165) is 55.7 Å².